The van der Waals surface area contributed by atoms with Crippen LogP contribution in [0.15, 0.2) is 36.5 Å². The normalized spacial score (nSPS) is 28.1. The molecule has 3 heterocycles. The van der Waals surface area contributed by atoms with Crippen LogP contribution in [0.1, 0.15) is 69.9 Å². The zero-order chi connectivity index (χ0) is 30.0. The molecule has 1 aromatic heterocycles. The molecule has 0 unspecified atom stereocenters. The Hall–Kier alpha value is -3.46. The predicted octanol–water partition coefficient (Wildman–Crippen LogP) is 3.73. The summed E-state index contributed by atoms with van der Waals surface area (Å²) in [6.07, 6.45) is 3.70. The van der Waals surface area contributed by atoms with Crippen LogP contribution in [-0.2, 0) is 14.4 Å². The van der Waals surface area contributed by atoms with Crippen LogP contribution < -0.4 is 14.4 Å². The van der Waals surface area contributed by atoms with Gasteiger partial charge in [0.1, 0.15) is 23.6 Å². The summed E-state index contributed by atoms with van der Waals surface area (Å²) in [5.74, 6) is 0.865. The van der Waals surface area contributed by atoms with Gasteiger partial charge in [-0.25, -0.2) is 4.98 Å². The van der Waals surface area contributed by atoms with Gasteiger partial charge < -0.3 is 24.4 Å². The Labute approximate surface area is 247 Å². The molecule has 2 aliphatic heterocycles. The zero-order valence-electron chi connectivity index (χ0n) is 25.1. The van der Waals surface area contributed by atoms with Gasteiger partial charge in [-0.15, -0.1) is 0 Å². The van der Waals surface area contributed by atoms with Crippen LogP contribution in [0.4, 0.5) is 5.82 Å². The van der Waals surface area contributed by atoms with Crippen LogP contribution in [-0.4, -0.2) is 78.0 Å². The SMILES string of the molecule is COc1ccc([C@@H]2CN(C(=O)[C@H]3CC(=O)C(C)(C)C3=O)C[C@@]2(C)[C@@H](C)O)cc1OC1CN(c2ccc(C3CC3)cn2)C1. The monoisotopic (exact) mass is 575 g/mol. The molecule has 224 valence electrons. The number of ketones is 2. The first-order valence-electron chi connectivity index (χ1n) is 15.0. The third kappa shape index (κ3) is 4.85. The van der Waals surface area contributed by atoms with E-state index in [0.717, 1.165) is 11.4 Å². The van der Waals surface area contributed by atoms with Crippen molar-refractivity contribution in [2.45, 2.75) is 71.0 Å². The van der Waals surface area contributed by atoms with Crippen LogP contribution in [0.5, 0.6) is 11.5 Å². The van der Waals surface area contributed by atoms with Gasteiger partial charge in [-0.1, -0.05) is 19.1 Å². The molecule has 0 spiro atoms. The topological polar surface area (TPSA) is 109 Å². The Morgan fingerprint density at radius 3 is 2.33 bits per heavy atom. The van der Waals surface area contributed by atoms with E-state index in [-0.39, 0.29) is 35.9 Å². The number of likely N-dealkylation sites (tertiary alicyclic amines) is 1. The Balaban J connectivity index is 1.17. The van der Waals surface area contributed by atoms with Crippen molar-refractivity contribution in [1.82, 2.24) is 9.88 Å². The molecule has 2 aliphatic carbocycles. The van der Waals surface area contributed by atoms with Gasteiger partial charge in [0.15, 0.2) is 17.3 Å². The fourth-order valence-corrected chi connectivity index (χ4v) is 6.74. The minimum Gasteiger partial charge on any atom is -0.493 e. The third-order valence-corrected chi connectivity index (χ3v) is 10.2. The van der Waals surface area contributed by atoms with E-state index in [1.807, 2.05) is 31.3 Å². The largest absolute Gasteiger partial charge is 0.493 e. The highest BCUT2D eigenvalue weighted by atomic mass is 16.5. The maximum Gasteiger partial charge on any atom is 0.233 e. The number of aliphatic hydroxyl groups is 1. The van der Waals surface area contributed by atoms with Crippen LogP contribution in [0.2, 0.25) is 0 Å². The summed E-state index contributed by atoms with van der Waals surface area (Å²) in [6, 6.07) is 10.0. The molecule has 1 N–H and O–H groups in total. The predicted molar refractivity (Wildman–Crippen MR) is 157 cm³/mol. The highest BCUT2D eigenvalue weighted by Gasteiger charge is 2.55. The number of ether oxygens (including phenoxy) is 2. The van der Waals surface area contributed by atoms with Crippen molar-refractivity contribution >= 4 is 23.3 Å². The molecule has 4 atom stereocenters. The molecule has 1 amide bonds. The van der Waals surface area contributed by atoms with Crippen molar-refractivity contribution in [1.29, 1.82) is 0 Å². The van der Waals surface area contributed by atoms with E-state index in [4.69, 9.17) is 9.47 Å². The van der Waals surface area contributed by atoms with Gasteiger partial charge in [-0.3, -0.25) is 14.4 Å². The fourth-order valence-electron chi connectivity index (χ4n) is 6.74. The minimum absolute atomic E-state index is 0.0295. The van der Waals surface area contributed by atoms with Gasteiger partial charge in [0.25, 0.3) is 0 Å². The van der Waals surface area contributed by atoms with E-state index < -0.39 is 22.9 Å². The molecule has 0 radical (unpaired) electrons. The second kappa shape index (κ2) is 10.4. The molecule has 4 fully saturated rings. The molecule has 0 bridgehead atoms. The van der Waals surface area contributed by atoms with Crippen LogP contribution >= 0.6 is 0 Å². The van der Waals surface area contributed by atoms with E-state index in [0.29, 0.717) is 43.6 Å². The molecular weight excluding hydrogens is 534 g/mol. The second-order valence-electron chi connectivity index (χ2n) is 13.4. The Morgan fingerprint density at radius 1 is 1.05 bits per heavy atom. The smallest absolute Gasteiger partial charge is 0.233 e. The lowest BCUT2D eigenvalue weighted by Crippen LogP contribution is -2.54. The summed E-state index contributed by atoms with van der Waals surface area (Å²) in [5, 5.41) is 10.9. The minimum atomic E-state index is -1.14. The van der Waals surface area contributed by atoms with Gasteiger partial charge in [-0.05, 0) is 68.9 Å². The first-order chi connectivity index (χ1) is 19.9. The average molecular weight is 576 g/mol. The van der Waals surface area contributed by atoms with Gasteiger partial charge in [-0.2, -0.15) is 0 Å². The van der Waals surface area contributed by atoms with Crippen LogP contribution in [0.3, 0.4) is 0 Å². The number of hydrogen-bond donors (Lipinski definition) is 1. The second-order valence-corrected chi connectivity index (χ2v) is 13.4. The Bertz CT molecular complexity index is 1390. The maximum absolute atomic E-state index is 13.6. The molecule has 2 saturated carbocycles. The average Bonchev–Trinajstić information content (AvgIpc) is 3.70. The molecule has 6 rings (SSSR count). The molecule has 2 saturated heterocycles. The van der Waals surface area contributed by atoms with E-state index in [1.54, 1.807) is 32.8 Å². The molecule has 9 nitrogen and oxygen atoms in total. The third-order valence-electron chi connectivity index (χ3n) is 10.2. The van der Waals surface area contributed by atoms with Crippen molar-refractivity contribution in [2.24, 2.45) is 16.7 Å². The first kappa shape index (κ1) is 28.6. The van der Waals surface area contributed by atoms with E-state index in [1.165, 1.54) is 18.4 Å². The number of Topliss-reactive ketones (excluding diaryl/α,β-unsaturated/α-hetero) is 2. The van der Waals surface area contributed by atoms with Crippen molar-refractivity contribution in [3.8, 4) is 11.5 Å². The number of methoxy groups -OCH3 is 1. The number of carbonyl (C=O) groups is 3. The number of amides is 1. The molecule has 1 aromatic carbocycles. The zero-order valence-corrected chi connectivity index (χ0v) is 25.1. The summed E-state index contributed by atoms with van der Waals surface area (Å²) in [7, 11) is 1.61. The highest BCUT2D eigenvalue weighted by Crippen LogP contribution is 2.48. The Morgan fingerprint density at radius 2 is 1.76 bits per heavy atom. The number of carbonyl (C=O) groups excluding carboxylic acids is 3. The number of benzene rings is 1. The summed E-state index contributed by atoms with van der Waals surface area (Å²) < 4.78 is 12.0. The summed E-state index contributed by atoms with van der Waals surface area (Å²) in [5.41, 5.74) is 0.445. The lowest BCUT2D eigenvalue weighted by Gasteiger charge is -2.40. The molecule has 42 heavy (non-hydrogen) atoms. The van der Waals surface area contributed by atoms with Crippen molar-refractivity contribution in [3.63, 3.8) is 0 Å². The maximum atomic E-state index is 13.6. The summed E-state index contributed by atoms with van der Waals surface area (Å²) in [4.78, 5) is 47.4. The first-order valence-corrected chi connectivity index (χ1v) is 15.0. The molecule has 4 aliphatic rings. The number of nitrogens with zero attached hydrogens (tertiary/aromatic N) is 3. The van der Waals surface area contributed by atoms with Crippen molar-refractivity contribution in [2.75, 3.05) is 38.2 Å². The highest BCUT2D eigenvalue weighted by molar-refractivity contribution is 6.20. The number of hydrogen-bond acceptors (Lipinski definition) is 8. The quantitative estimate of drug-likeness (QED) is 0.475. The van der Waals surface area contributed by atoms with E-state index in [2.05, 4.69) is 22.0 Å². The Kier molecular flexibility index (Phi) is 7.07. The number of rotatable bonds is 8. The molecule has 9 heteroatoms. The van der Waals surface area contributed by atoms with Gasteiger partial charge >= 0.3 is 0 Å². The fraction of sp³-hybridized carbons (Fsp3) is 0.576. The van der Waals surface area contributed by atoms with Gasteiger partial charge in [0.05, 0.1) is 31.7 Å². The summed E-state index contributed by atoms with van der Waals surface area (Å²) >= 11 is 0. The van der Waals surface area contributed by atoms with Crippen molar-refractivity contribution in [3.05, 3.63) is 47.7 Å². The van der Waals surface area contributed by atoms with Gasteiger partial charge in [0, 0.05) is 37.0 Å². The molecule has 2 aromatic rings. The van der Waals surface area contributed by atoms with Crippen LogP contribution in [0, 0.1) is 16.7 Å². The van der Waals surface area contributed by atoms with Gasteiger partial charge in [0.2, 0.25) is 5.91 Å². The number of anilines is 1. The molecular formula is C33H41N3O6. The number of pyridine rings is 1. The lowest BCUT2D eigenvalue weighted by molar-refractivity contribution is -0.141. The van der Waals surface area contributed by atoms with E-state index >= 15 is 0 Å². The van der Waals surface area contributed by atoms with Crippen LogP contribution in [0.25, 0.3) is 0 Å². The summed E-state index contributed by atoms with van der Waals surface area (Å²) in [6.45, 7) is 8.96. The standard InChI is InChI=1S/C33H41N3O6/c1-19(37)33(4)18-36(31(40)24-13-28(38)32(2,3)30(24)39)17-25(33)21-8-10-26(41-5)27(12-21)42-23-15-35(16-23)29-11-9-22(14-34-29)20-6-7-20/h8-12,14,19-20,23-25,37H,6-7,13,15-18H2,1-5H3/t19-,24+,25+,33+/m1/s1. The van der Waals surface area contributed by atoms with E-state index in [9.17, 15) is 19.5 Å². The number of aromatic nitrogens is 1. The van der Waals surface area contributed by atoms with Crippen molar-refractivity contribution < 1.29 is 29.0 Å². The number of aliphatic hydroxyl groups excluding tert-OH is 1. The lowest BCUT2D eigenvalue weighted by atomic mass is 9.72.